The first-order valence-electron chi connectivity index (χ1n) is 7.93. The van der Waals surface area contributed by atoms with Gasteiger partial charge < -0.3 is 0 Å². The van der Waals surface area contributed by atoms with Crippen molar-refractivity contribution in [2.45, 2.75) is 12.5 Å². The smallest absolute Gasteiger partial charge is 0.247 e. The van der Waals surface area contributed by atoms with Gasteiger partial charge >= 0.3 is 0 Å². The lowest BCUT2D eigenvalue weighted by Crippen LogP contribution is -2.26. The summed E-state index contributed by atoms with van der Waals surface area (Å²) in [7, 11) is -7.04. The van der Waals surface area contributed by atoms with Crippen molar-refractivity contribution in [2.75, 3.05) is 17.2 Å². The third-order valence-corrected chi connectivity index (χ3v) is 5.59. The Morgan fingerprint density at radius 1 is 1.07 bits per heavy atom. The van der Waals surface area contributed by atoms with Gasteiger partial charge in [-0.2, -0.15) is 9.52 Å². The number of hydrogen-bond donors (Lipinski definition) is 1. The van der Waals surface area contributed by atoms with Gasteiger partial charge in [0.1, 0.15) is 5.82 Å². The van der Waals surface area contributed by atoms with Crippen LogP contribution in [0.5, 0.6) is 0 Å². The second kappa shape index (κ2) is 6.93. The molecule has 144 valence electrons. The van der Waals surface area contributed by atoms with E-state index in [0.29, 0.717) is 22.5 Å². The van der Waals surface area contributed by atoms with Gasteiger partial charge in [-0.15, -0.1) is 0 Å². The van der Waals surface area contributed by atoms with Crippen LogP contribution in [0, 0.1) is 5.82 Å². The predicted octanol–water partition coefficient (Wildman–Crippen LogP) is 2.31. The molecule has 0 radical (unpaired) electrons. The molecule has 2 aromatic rings. The maximum Gasteiger partial charge on any atom is 0.247 e. The Morgan fingerprint density at radius 2 is 1.74 bits per heavy atom. The van der Waals surface area contributed by atoms with Gasteiger partial charge in [-0.05, 0) is 35.4 Å². The molecule has 3 rings (SSSR count). The Kier molecular flexibility index (Phi) is 4.96. The average molecular weight is 411 g/mol. The van der Waals surface area contributed by atoms with E-state index < -0.39 is 31.9 Å². The number of rotatable bonds is 5. The first-order chi connectivity index (χ1) is 12.5. The van der Waals surface area contributed by atoms with Crippen LogP contribution in [0.2, 0.25) is 0 Å². The van der Waals surface area contributed by atoms with Gasteiger partial charge in [0.05, 0.1) is 24.3 Å². The Labute approximate surface area is 157 Å². The van der Waals surface area contributed by atoms with Crippen molar-refractivity contribution >= 4 is 31.4 Å². The van der Waals surface area contributed by atoms with Crippen LogP contribution >= 0.6 is 0 Å². The molecule has 10 heteroatoms. The van der Waals surface area contributed by atoms with Crippen LogP contribution in [0.25, 0.3) is 0 Å². The number of hydrogen-bond acceptors (Lipinski definition) is 5. The van der Waals surface area contributed by atoms with Gasteiger partial charge in [0.25, 0.3) is 0 Å². The molecule has 0 aromatic heterocycles. The van der Waals surface area contributed by atoms with Crippen LogP contribution in [-0.2, 0) is 20.0 Å². The average Bonchev–Trinajstić information content (AvgIpc) is 3.00. The summed E-state index contributed by atoms with van der Waals surface area (Å²) in [6, 6.07) is 11.6. The predicted molar refractivity (Wildman–Crippen MR) is 102 cm³/mol. The highest BCUT2D eigenvalue weighted by Gasteiger charge is 2.34. The first-order valence-corrected chi connectivity index (χ1v) is 11.7. The van der Waals surface area contributed by atoms with E-state index >= 15 is 0 Å². The van der Waals surface area contributed by atoms with Crippen molar-refractivity contribution < 1.29 is 21.2 Å². The van der Waals surface area contributed by atoms with Crippen LogP contribution in [0.4, 0.5) is 10.1 Å². The number of nitrogens with one attached hydrogen (secondary N) is 1. The third-order valence-electron chi connectivity index (χ3n) is 3.97. The summed E-state index contributed by atoms with van der Waals surface area (Å²) >= 11 is 0. The lowest BCUT2D eigenvalue weighted by molar-refractivity contribution is 0.373. The van der Waals surface area contributed by atoms with Gasteiger partial charge in [0.2, 0.25) is 20.0 Å². The topological polar surface area (TPSA) is 95.9 Å². The molecule has 0 unspecified atom stereocenters. The summed E-state index contributed by atoms with van der Waals surface area (Å²) in [4.78, 5) is 0. The van der Waals surface area contributed by atoms with Crippen molar-refractivity contribution in [1.82, 2.24) is 4.41 Å². The molecule has 0 spiro atoms. The fourth-order valence-electron chi connectivity index (χ4n) is 2.88. The quantitative estimate of drug-likeness (QED) is 0.817. The van der Waals surface area contributed by atoms with Crippen molar-refractivity contribution in [3.05, 3.63) is 65.5 Å². The van der Waals surface area contributed by atoms with Gasteiger partial charge in [-0.1, -0.05) is 24.3 Å². The van der Waals surface area contributed by atoms with E-state index in [1.54, 1.807) is 30.3 Å². The molecule has 27 heavy (non-hydrogen) atoms. The number of hydrazone groups is 1. The van der Waals surface area contributed by atoms with E-state index in [-0.39, 0.29) is 6.42 Å². The van der Waals surface area contributed by atoms with Crippen LogP contribution < -0.4 is 4.72 Å². The molecular weight excluding hydrogens is 393 g/mol. The number of sulfonamides is 2. The van der Waals surface area contributed by atoms with E-state index in [1.807, 2.05) is 0 Å². The molecule has 1 atom stereocenters. The molecule has 0 saturated carbocycles. The van der Waals surface area contributed by atoms with Crippen molar-refractivity contribution in [3.63, 3.8) is 0 Å². The number of anilines is 1. The Morgan fingerprint density at radius 3 is 2.30 bits per heavy atom. The molecule has 2 aromatic carbocycles. The minimum absolute atomic E-state index is 0.273. The molecule has 7 nitrogen and oxygen atoms in total. The standard InChI is InChI=1S/C17H18FN3O4S2/c1-26(22,23)20-15-8-6-12(7-9-15)16-11-17(21(19-16)27(2,24)25)13-4-3-5-14(18)10-13/h3-10,17,20H,11H2,1-2H3/t17-/m0/s1. The zero-order valence-electron chi connectivity index (χ0n) is 14.6. The lowest BCUT2D eigenvalue weighted by atomic mass is 9.99. The number of nitrogens with zero attached hydrogens (tertiary/aromatic N) is 2. The second-order valence-corrected chi connectivity index (χ2v) is 9.90. The van der Waals surface area contributed by atoms with E-state index in [0.717, 1.165) is 16.9 Å². The van der Waals surface area contributed by atoms with Gasteiger partial charge in [-0.25, -0.2) is 21.2 Å². The third kappa shape index (κ3) is 4.64. The minimum Gasteiger partial charge on any atom is -0.284 e. The van der Waals surface area contributed by atoms with Gasteiger partial charge in [-0.3, -0.25) is 4.72 Å². The summed E-state index contributed by atoms with van der Waals surface area (Å²) < 4.78 is 63.8. The molecule has 1 heterocycles. The largest absolute Gasteiger partial charge is 0.284 e. The van der Waals surface area contributed by atoms with Gasteiger partial charge in [0, 0.05) is 12.1 Å². The van der Waals surface area contributed by atoms with Crippen LogP contribution in [-0.4, -0.2) is 39.5 Å². The Hall–Kier alpha value is -2.46. The number of halogens is 1. The summed E-state index contributed by atoms with van der Waals surface area (Å²) in [5, 5.41) is 4.22. The molecule has 1 N–H and O–H groups in total. The van der Waals surface area contributed by atoms with Crippen molar-refractivity contribution in [2.24, 2.45) is 5.10 Å². The van der Waals surface area contributed by atoms with Crippen LogP contribution in [0.3, 0.4) is 0 Å². The SMILES string of the molecule is CS(=O)(=O)Nc1ccc(C2=NN(S(C)(=O)=O)[C@H](c3cccc(F)c3)C2)cc1. The minimum atomic E-state index is -3.65. The summed E-state index contributed by atoms with van der Waals surface area (Å²) in [6.07, 6.45) is 2.37. The number of benzene rings is 2. The van der Waals surface area contributed by atoms with E-state index in [4.69, 9.17) is 0 Å². The molecule has 1 aliphatic rings. The summed E-state index contributed by atoms with van der Waals surface area (Å²) in [5.74, 6) is -0.453. The highest BCUT2D eigenvalue weighted by Crippen LogP contribution is 2.34. The molecule has 1 aliphatic heterocycles. The van der Waals surface area contributed by atoms with Crippen LogP contribution in [0.15, 0.2) is 53.6 Å². The zero-order chi connectivity index (χ0) is 19.8. The zero-order valence-corrected chi connectivity index (χ0v) is 16.3. The molecule has 0 amide bonds. The summed E-state index contributed by atoms with van der Waals surface area (Å²) in [5.41, 5.74) is 2.07. The maximum absolute atomic E-state index is 13.6. The van der Waals surface area contributed by atoms with E-state index in [1.165, 1.54) is 18.2 Å². The summed E-state index contributed by atoms with van der Waals surface area (Å²) in [6.45, 7) is 0. The fourth-order valence-corrected chi connectivity index (χ4v) is 4.35. The second-order valence-electron chi connectivity index (χ2n) is 6.31. The highest BCUT2D eigenvalue weighted by atomic mass is 32.2. The lowest BCUT2D eigenvalue weighted by Gasteiger charge is -2.21. The highest BCUT2D eigenvalue weighted by molar-refractivity contribution is 7.92. The molecule has 0 saturated heterocycles. The molecule has 0 fully saturated rings. The Balaban J connectivity index is 1.92. The van der Waals surface area contributed by atoms with Gasteiger partial charge in [0.15, 0.2) is 0 Å². The normalized spacial score (nSPS) is 17.7. The molecular formula is C17H18FN3O4S2. The van der Waals surface area contributed by atoms with E-state index in [2.05, 4.69) is 9.82 Å². The van der Waals surface area contributed by atoms with Crippen molar-refractivity contribution in [1.29, 1.82) is 0 Å². The van der Waals surface area contributed by atoms with E-state index in [9.17, 15) is 21.2 Å². The fraction of sp³-hybridized carbons (Fsp3) is 0.235. The molecule has 0 bridgehead atoms. The maximum atomic E-state index is 13.6. The molecule has 0 aliphatic carbocycles. The monoisotopic (exact) mass is 411 g/mol. The van der Waals surface area contributed by atoms with Crippen molar-refractivity contribution in [3.8, 4) is 0 Å². The first kappa shape index (κ1) is 19.3. The van der Waals surface area contributed by atoms with Crippen LogP contribution in [0.1, 0.15) is 23.6 Å². The Bertz CT molecular complexity index is 1100.